The first-order valence-electron chi connectivity index (χ1n) is 5.07. The van der Waals surface area contributed by atoms with Crippen LogP contribution in [0.4, 0.5) is 5.69 Å². The largest absolute Gasteiger partial charge is 0.478 e. The molecule has 0 unspecified atom stereocenters. The average molecular weight is 229 g/mol. The van der Waals surface area contributed by atoms with E-state index in [0.29, 0.717) is 6.54 Å². The molecule has 86 valence electrons. The molecule has 0 aliphatic rings. The summed E-state index contributed by atoms with van der Waals surface area (Å²) >= 11 is 0. The van der Waals surface area contributed by atoms with Crippen LogP contribution >= 0.6 is 0 Å². The second kappa shape index (κ2) is 5.07. The molecule has 0 fully saturated rings. The van der Waals surface area contributed by atoms with E-state index in [9.17, 15) is 4.79 Å². The maximum Gasteiger partial charge on any atom is 0.335 e. The predicted octanol–water partition coefficient (Wildman–Crippen LogP) is 1.79. The van der Waals surface area contributed by atoms with Crippen molar-refractivity contribution in [2.24, 2.45) is 0 Å². The van der Waals surface area contributed by atoms with Crippen molar-refractivity contribution in [3.05, 3.63) is 54.1 Å². The monoisotopic (exact) mass is 229 g/mol. The lowest BCUT2D eigenvalue weighted by atomic mass is 10.1. The molecule has 1 aromatic heterocycles. The third kappa shape index (κ3) is 3.01. The predicted molar refractivity (Wildman–Crippen MR) is 62.8 cm³/mol. The van der Waals surface area contributed by atoms with E-state index < -0.39 is 5.97 Å². The van der Waals surface area contributed by atoms with Gasteiger partial charge in [-0.2, -0.15) is 0 Å². The van der Waals surface area contributed by atoms with Gasteiger partial charge in [0.25, 0.3) is 0 Å². The van der Waals surface area contributed by atoms with Crippen molar-refractivity contribution >= 4 is 11.7 Å². The number of aromatic carboxylic acids is 1. The highest BCUT2D eigenvalue weighted by molar-refractivity contribution is 5.87. The number of hydrogen-bond donors (Lipinski definition) is 2. The maximum absolute atomic E-state index is 10.7. The molecule has 2 rings (SSSR count). The van der Waals surface area contributed by atoms with E-state index in [1.54, 1.807) is 36.7 Å². The van der Waals surface area contributed by atoms with E-state index in [2.05, 4.69) is 15.3 Å². The summed E-state index contributed by atoms with van der Waals surface area (Å²) in [5, 5.41) is 11.9. The molecule has 0 radical (unpaired) electrons. The number of carboxylic acids is 1. The number of benzene rings is 1. The standard InChI is InChI=1S/C12H11N3O2/c16-12(17)10-3-1-9(2-4-10)5-15-11-6-13-8-14-7-11/h1-4,6-8,15H,5H2,(H,16,17). The molecule has 17 heavy (non-hydrogen) atoms. The number of aromatic nitrogens is 2. The molecule has 1 heterocycles. The summed E-state index contributed by atoms with van der Waals surface area (Å²) in [5.74, 6) is -0.916. The number of rotatable bonds is 4. The average Bonchev–Trinajstić information content (AvgIpc) is 2.38. The first kappa shape index (κ1) is 11.1. The minimum absolute atomic E-state index is 0.289. The van der Waals surface area contributed by atoms with E-state index in [4.69, 9.17) is 5.11 Å². The molecular weight excluding hydrogens is 218 g/mol. The second-order valence-corrected chi connectivity index (χ2v) is 3.48. The lowest BCUT2D eigenvalue weighted by Crippen LogP contribution is -2.01. The number of carbonyl (C=O) groups is 1. The molecule has 0 saturated carbocycles. The van der Waals surface area contributed by atoms with Crippen LogP contribution < -0.4 is 5.32 Å². The van der Waals surface area contributed by atoms with Gasteiger partial charge in [-0.25, -0.2) is 14.8 Å². The highest BCUT2D eigenvalue weighted by atomic mass is 16.4. The van der Waals surface area contributed by atoms with E-state index >= 15 is 0 Å². The van der Waals surface area contributed by atoms with Gasteiger partial charge < -0.3 is 10.4 Å². The highest BCUT2D eigenvalue weighted by Crippen LogP contribution is 2.07. The van der Waals surface area contributed by atoms with Crippen molar-refractivity contribution in [2.45, 2.75) is 6.54 Å². The van der Waals surface area contributed by atoms with Crippen molar-refractivity contribution < 1.29 is 9.90 Å². The number of nitrogens with one attached hydrogen (secondary N) is 1. The Morgan fingerprint density at radius 3 is 2.41 bits per heavy atom. The molecule has 0 bridgehead atoms. The normalized spacial score (nSPS) is 9.88. The number of nitrogens with zero attached hydrogens (tertiary/aromatic N) is 2. The molecule has 0 aliphatic carbocycles. The number of hydrogen-bond acceptors (Lipinski definition) is 4. The van der Waals surface area contributed by atoms with Crippen LogP contribution in [-0.2, 0) is 6.54 Å². The lowest BCUT2D eigenvalue weighted by molar-refractivity contribution is 0.0697. The van der Waals surface area contributed by atoms with Crippen LogP contribution in [-0.4, -0.2) is 21.0 Å². The summed E-state index contributed by atoms with van der Waals surface area (Å²) in [5.41, 5.74) is 2.12. The summed E-state index contributed by atoms with van der Waals surface area (Å²) in [4.78, 5) is 18.4. The zero-order valence-electron chi connectivity index (χ0n) is 9.00. The smallest absolute Gasteiger partial charge is 0.335 e. The fourth-order valence-electron chi connectivity index (χ4n) is 1.36. The molecule has 2 N–H and O–H groups in total. The maximum atomic E-state index is 10.7. The van der Waals surface area contributed by atoms with E-state index in [1.165, 1.54) is 6.33 Å². The molecule has 0 atom stereocenters. The van der Waals surface area contributed by atoms with Crippen LogP contribution in [0.15, 0.2) is 43.0 Å². The van der Waals surface area contributed by atoms with Crippen LogP contribution in [0.3, 0.4) is 0 Å². The zero-order valence-corrected chi connectivity index (χ0v) is 9.00. The number of anilines is 1. The minimum Gasteiger partial charge on any atom is -0.478 e. The molecule has 0 amide bonds. The molecule has 5 heteroatoms. The van der Waals surface area contributed by atoms with Gasteiger partial charge in [0.2, 0.25) is 0 Å². The van der Waals surface area contributed by atoms with Crippen molar-refractivity contribution in [1.82, 2.24) is 9.97 Å². The third-order valence-electron chi connectivity index (χ3n) is 2.26. The van der Waals surface area contributed by atoms with E-state index in [0.717, 1.165) is 11.3 Å². The highest BCUT2D eigenvalue weighted by Gasteiger charge is 2.01. The third-order valence-corrected chi connectivity index (χ3v) is 2.26. The first-order valence-corrected chi connectivity index (χ1v) is 5.07. The van der Waals surface area contributed by atoms with Crippen molar-refractivity contribution in [1.29, 1.82) is 0 Å². The van der Waals surface area contributed by atoms with Gasteiger partial charge >= 0.3 is 5.97 Å². The summed E-state index contributed by atoms with van der Waals surface area (Å²) < 4.78 is 0. The van der Waals surface area contributed by atoms with Gasteiger partial charge in [0, 0.05) is 6.54 Å². The Hall–Kier alpha value is -2.43. The first-order chi connectivity index (χ1) is 8.25. The van der Waals surface area contributed by atoms with Gasteiger partial charge in [-0.15, -0.1) is 0 Å². The van der Waals surface area contributed by atoms with Crippen LogP contribution in [0.1, 0.15) is 15.9 Å². The molecule has 2 aromatic rings. The summed E-state index contributed by atoms with van der Waals surface area (Å²) in [6.07, 6.45) is 4.82. The Kier molecular flexibility index (Phi) is 3.30. The SMILES string of the molecule is O=C(O)c1ccc(CNc2cncnc2)cc1. The Balaban J connectivity index is 1.98. The Morgan fingerprint density at radius 1 is 1.18 bits per heavy atom. The molecular formula is C12H11N3O2. The molecule has 0 saturated heterocycles. The molecule has 0 aliphatic heterocycles. The topological polar surface area (TPSA) is 75.1 Å². The van der Waals surface area contributed by atoms with Gasteiger partial charge in [0.1, 0.15) is 6.33 Å². The zero-order chi connectivity index (χ0) is 12.1. The van der Waals surface area contributed by atoms with E-state index in [1.807, 2.05) is 0 Å². The van der Waals surface area contributed by atoms with Gasteiger partial charge in [0.15, 0.2) is 0 Å². The van der Waals surface area contributed by atoms with Crippen molar-refractivity contribution in [3.63, 3.8) is 0 Å². The van der Waals surface area contributed by atoms with Crippen molar-refractivity contribution in [3.8, 4) is 0 Å². The molecule has 5 nitrogen and oxygen atoms in total. The Labute approximate surface area is 98.2 Å². The summed E-state index contributed by atoms with van der Waals surface area (Å²) in [7, 11) is 0. The molecule has 0 spiro atoms. The van der Waals surface area contributed by atoms with Gasteiger partial charge in [0.05, 0.1) is 23.6 Å². The van der Waals surface area contributed by atoms with Crippen LogP contribution in [0.5, 0.6) is 0 Å². The van der Waals surface area contributed by atoms with Crippen LogP contribution in [0.25, 0.3) is 0 Å². The fourth-order valence-corrected chi connectivity index (χ4v) is 1.36. The molecule has 1 aromatic carbocycles. The fraction of sp³-hybridized carbons (Fsp3) is 0.0833. The van der Waals surface area contributed by atoms with Crippen LogP contribution in [0.2, 0.25) is 0 Å². The quantitative estimate of drug-likeness (QED) is 0.835. The summed E-state index contributed by atoms with van der Waals surface area (Å²) in [6.45, 7) is 0.604. The van der Waals surface area contributed by atoms with E-state index in [-0.39, 0.29) is 5.56 Å². The minimum atomic E-state index is -0.916. The van der Waals surface area contributed by atoms with Gasteiger partial charge in [-0.3, -0.25) is 0 Å². The van der Waals surface area contributed by atoms with Crippen LogP contribution in [0, 0.1) is 0 Å². The number of carboxylic acid groups (broad SMARTS) is 1. The van der Waals surface area contributed by atoms with Gasteiger partial charge in [-0.05, 0) is 17.7 Å². The second-order valence-electron chi connectivity index (χ2n) is 3.48. The van der Waals surface area contributed by atoms with Crippen molar-refractivity contribution in [2.75, 3.05) is 5.32 Å². The van der Waals surface area contributed by atoms with Gasteiger partial charge in [-0.1, -0.05) is 12.1 Å². The lowest BCUT2D eigenvalue weighted by Gasteiger charge is -2.05. The summed E-state index contributed by atoms with van der Waals surface area (Å²) in [6, 6.07) is 6.72. The Bertz CT molecular complexity index is 497. The Morgan fingerprint density at radius 2 is 1.82 bits per heavy atom.